The third kappa shape index (κ3) is 3.18. The molecule has 104 valence electrons. The molecule has 6 nitrogen and oxygen atoms in total. The molecule has 0 aliphatic carbocycles. The summed E-state index contributed by atoms with van der Waals surface area (Å²) in [6.07, 6.45) is 0. The first-order valence-corrected chi connectivity index (χ1v) is 7.03. The van der Waals surface area contributed by atoms with Gasteiger partial charge in [0.05, 0.1) is 18.0 Å². The van der Waals surface area contributed by atoms with Gasteiger partial charge in [0.15, 0.2) is 5.69 Å². The summed E-state index contributed by atoms with van der Waals surface area (Å²) in [5.41, 5.74) is 0.267. The number of nitrogens with zero attached hydrogens (tertiary/aromatic N) is 2. The second kappa shape index (κ2) is 5.63. The molecule has 0 bridgehead atoms. The Kier molecular flexibility index (Phi) is 3.90. The van der Waals surface area contributed by atoms with E-state index in [1.807, 2.05) is 0 Å². The van der Waals surface area contributed by atoms with Gasteiger partial charge in [-0.1, -0.05) is 12.1 Å². The molecule has 2 aromatic rings. The van der Waals surface area contributed by atoms with E-state index in [4.69, 9.17) is 22.4 Å². The van der Waals surface area contributed by atoms with E-state index in [9.17, 15) is 8.42 Å². The van der Waals surface area contributed by atoms with Crippen LogP contribution in [0.3, 0.4) is 0 Å². The van der Waals surface area contributed by atoms with Crippen LogP contribution in [0.4, 0.5) is 11.4 Å². The Morgan fingerprint density at radius 1 is 1.00 bits per heavy atom. The molecule has 0 amide bonds. The molecule has 0 aromatic heterocycles. The molecule has 0 fully saturated rings. The number of hydrogen-bond acceptors (Lipinski definition) is 3. The SMILES string of the molecule is [C-]#[N+]c1cccc(Oc2ccc(S(=O)(=O)O)cc2)c1[N+]#[C-]. The van der Waals surface area contributed by atoms with Crippen molar-refractivity contribution in [2.24, 2.45) is 0 Å². The van der Waals surface area contributed by atoms with Crippen LogP contribution < -0.4 is 4.74 Å². The summed E-state index contributed by atoms with van der Waals surface area (Å²) in [4.78, 5) is 6.25. The van der Waals surface area contributed by atoms with Gasteiger partial charge in [-0.25, -0.2) is 9.69 Å². The smallest absolute Gasteiger partial charge is 0.294 e. The molecule has 7 heteroatoms. The lowest BCUT2D eigenvalue weighted by Gasteiger charge is -2.08. The van der Waals surface area contributed by atoms with Gasteiger partial charge >= 0.3 is 0 Å². The van der Waals surface area contributed by atoms with E-state index in [1.54, 1.807) is 12.1 Å². The fourth-order valence-corrected chi connectivity index (χ4v) is 2.08. The molecular weight excluding hydrogens is 292 g/mol. The molecule has 0 atom stereocenters. The van der Waals surface area contributed by atoms with Crippen molar-refractivity contribution < 1.29 is 17.7 Å². The maximum atomic E-state index is 10.9. The number of ether oxygens (including phenoxy) is 1. The second-order valence-corrected chi connectivity index (χ2v) is 5.32. The zero-order chi connectivity index (χ0) is 15.5. The Balaban J connectivity index is 2.36. The maximum Gasteiger partial charge on any atom is 0.294 e. The summed E-state index contributed by atoms with van der Waals surface area (Å²) in [5.74, 6) is 0.493. The summed E-state index contributed by atoms with van der Waals surface area (Å²) < 4.78 is 36.2. The highest BCUT2D eigenvalue weighted by Crippen LogP contribution is 2.39. The quantitative estimate of drug-likeness (QED) is 0.690. The monoisotopic (exact) mass is 300 g/mol. The molecule has 0 aliphatic heterocycles. The van der Waals surface area contributed by atoms with Crippen molar-refractivity contribution >= 4 is 21.5 Å². The topological polar surface area (TPSA) is 72.3 Å². The molecule has 0 unspecified atom stereocenters. The van der Waals surface area contributed by atoms with E-state index >= 15 is 0 Å². The molecule has 0 saturated heterocycles. The average molecular weight is 300 g/mol. The highest BCUT2D eigenvalue weighted by molar-refractivity contribution is 7.85. The van der Waals surface area contributed by atoms with E-state index in [0.29, 0.717) is 0 Å². The van der Waals surface area contributed by atoms with Crippen LogP contribution in [-0.2, 0) is 10.1 Å². The maximum absolute atomic E-state index is 10.9. The minimum Gasteiger partial charge on any atom is -0.470 e. The summed E-state index contributed by atoms with van der Waals surface area (Å²) >= 11 is 0. The molecule has 0 heterocycles. The Hall–Kier alpha value is -2.87. The van der Waals surface area contributed by atoms with E-state index < -0.39 is 10.1 Å². The van der Waals surface area contributed by atoms with Gasteiger partial charge in [-0.3, -0.25) is 4.55 Å². The lowest BCUT2D eigenvalue weighted by Crippen LogP contribution is -1.97. The number of hydrogen-bond donors (Lipinski definition) is 1. The van der Waals surface area contributed by atoms with Crippen molar-refractivity contribution in [3.8, 4) is 11.5 Å². The van der Waals surface area contributed by atoms with Crippen molar-refractivity contribution in [2.45, 2.75) is 4.90 Å². The summed E-state index contributed by atoms with van der Waals surface area (Å²) in [6, 6.07) is 9.70. The normalized spacial score (nSPS) is 10.4. The van der Waals surface area contributed by atoms with Crippen LogP contribution in [0.15, 0.2) is 47.4 Å². The zero-order valence-electron chi connectivity index (χ0n) is 10.5. The third-order valence-electron chi connectivity index (χ3n) is 2.56. The number of rotatable bonds is 3. The van der Waals surface area contributed by atoms with Gasteiger partial charge in [0.1, 0.15) is 11.5 Å². The van der Waals surface area contributed by atoms with E-state index in [-0.39, 0.29) is 27.8 Å². The Bertz CT molecular complexity index is 859. The summed E-state index contributed by atoms with van der Waals surface area (Å²) in [7, 11) is -4.26. The van der Waals surface area contributed by atoms with Gasteiger partial charge in [0.2, 0.25) is 5.69 Å². The van der Waals surface area contributed by atoms with Crippen LogP contribution in [0, 0.1) is 13.1 Å². The van der Waals surface area contributed by atoms with Crippen LogP contribution in [0.5, 0.6) is 11.5 Å². The van der Waals surface area contributed by atoms with Gasteiger partial charge in [0, 0.05) is 0 Å². The average Bonchev–Trinajstić information content (AvgIpc) is 2.46. The highest BCUT2D eigenvalue weighted by Gasteiger charge is 2.12. The van der Waals surface area contributed by atoms with E-state index in [0.717, 1.165) is 0 Å². The van der Waals surface area contributed by atoms with Gasteiger partial charge < -0.3 is 4.74 Å². The Morgan fingerprint density at radius 2 is 1.67 bits per heavy atom. The zero-order valence-corrected chi connectivity index (χ0v) is 11.3. The molecule has 0 aliphatic rings. The highest BCUT2D eigenvalue weighted by atomic mass is 32.2. The van der Waals surface area contributed by atoms with Crippen molar-refractivity contribution in [3.63, 3.8) is 0 Å². The molecule has 0 radical (unpaired) electrons. The van der Waals surface area contributed by atoms with Crippen molar-refractivity contribution in [1.29, 1.82) is 0 Å². The lowest BCUT2D eigenvalue weighted by atomic mass is 10.2. The standard InChI is InChI=1S/C14H8N2O4S/c1-15-12-4-3-5-13(14(12)16-2)20-10-6-8-11(9-7-10)21(17,18)19/h3-9H,(H,17,18,19). The molecule has 0 saturated carbocycles. The summed E-state index contributed by atoms with van der Waals surface area (Å²) in [5, 5.41) is 0. The van der Waals surface area contributed by atoms with Gasteiger partial charge in [-0.05, 0) is 30.3 Å². The van der Waals surface area contributed by atoms with Crippen LogP contribution in [0.1, 0.15) is 0 Å². The molecular formula is C14H8N2O4S. The largest absolute Gasteiger partial charge is 0.470 e. The fraction of sp³-hybridized carbons (Fsp3) is 0. The predicted octanol–water partition coefficient (Wildman–Crippen LogP) is 3.83. The Labute approximate surface area is 121 Å². The van der Waals surface area contributed by atoms with E-state index in [1.165, 1.54) is 30.3 Å². The summed E-state index contributed by atoms with van der Waals surface area (Å²) in [6.45, 7) is 14.1. The minimum absolute atomic E-state index is 0.0892. The van der Waals surface area contributed by atoms with Crippen LogP contribution >= 0.6 is 0 Å². The van der Waals surface area contributed by atoms with Gasteiger partial charge in [-0.15, -0.1) is 0 Å². The van der Waals surface area contributed by atoms with Crippen LogP contribution in [-0.4, -0.2) is 13.0 Å². The van der Waals surface area contributed by atoms with Crippen molar-refractivity contribution in [3.05, 3.63) is 65.3 Å². The number of benzene rings is 2. The number of para-hydroxylation sites is 1. The predicted molar refractivity (Wildman–Crippen MR) is 75.3 cm³/mol. The minimum atomic E-state index is -4.26. The molecule has 1 N–H and O–H groups in total. The van der Waals surface area contributed by atoms with Crippen molar-refractivity contribution in [2.75, 3.05) is 0 Å². The van der Waals surface area contributed by atoms with Gasteiger partial charge in [0.25, 0.3) is 10.1 Å². The Morgan fingerprint density at radius 3 is 2.19 bits per heavy atom. The molecule has 21 heavy (non-hydrogen) atoms. The third-order valence-corrected chi connectivity index (χ3v) is 3.43. The van der Waals surface area contributed by atoms with Crippen molar-refractivity contribution in [1.82, 2.24) is 0 Å². The second-order valence-electron chi connectivity index (χ2n) is 3.90. The first-order valence-electron chi connectivity index (χ1n) is 5.59. The molecule has 0 spiro atoms. The van der Waals surface area contributed by atoms with Crippen LogP contribution in [0.25, 0.3) is 9.69 Å². The van der Waals surface area contributed by atoms with Crippen LogP contribution in [0.2, 0.25) is 0 Å². The fourth-order valence-electron chi connectivity index (χ4n) is 1.60. The van der Waals surface area contributed by atoms with E-state index in [2.05, 4.69) is 9.69 Å². The van der Waals surface area contributed by atoms with Gasteiger partial charge in [-0.2, -0.15) is 8.42 Å². The molecule has 2 rings (SSSR count). The lowest BCUT2D eigenvalue weighted by molar-refractivity contribution is 0.479. The first kappa shape index (κ1) is 14.5. The first-order chi connectivity index (χ1) is 9.95. The molecule has 2 aromatic carbocycles.